The molecule has 0 aromatic heterocycles. The van der Waals surface area contributed by atoms with Gasteiger partial charge >= 0.3 is 29.6 Å². The van der Waals surface area contributed by atoms with Crippen molar-refractivity contribution in [3.63, 3.8) is 0 Å². The van der Waals surface area contributed by atoms with Gasteiger partial charge in [0.05, 0.1) is 0 Å². The molecule has 0 aliphatic carbocycles. The van der Waals surface area contributed by atoms with Crippen molar-refractivity contribution >= 4 is 11.8 Å². The van der Waals surface area contributed by atoms with E-state index in [2.05, 4.69) is 0 Å². The number of carbonyl (C=O) groups is 2. The normalized spacial score (nSPS) is 25.7. The van der Waals surface area contributed by atoms with E-state index in [9.17, 15) is 35.9 Å². The Bertz CT molecular complexity index is 363. The number of amides is 2. The molecule has 1 heterocycles. The number of nitrogens with zero attached hydrogens (tertiary/aromatic N) is 1. The second-order valence-corrected chi connectivity index (χ2v) is 4.34. The Kier molecular flexibility index (Phi) is 3.17. The van der Waals surface area contributed by atoms with Crippen LogP contribution in [0.15, 0.2) is 0 Å². The summed E-state index contributed by atoms with van der Waals surface area (Å²) in [6, 6.07) is 0. The Morgan fingerprint density at radius 1 is 0.944 bits per heavy atom. The van der Waals surface area contributed by atoms with Gasteiger partial charge < -0.3 is 0 Å². The first kappa shape index (κ1) is 14.8. The predicted octanol–water partition coefficient (Wildman–Crippen LogP) is 1.92. The molecular weight excluding hydrogens is 268 g/mol. The zero-order valence-corrected chi connectivity index (χ0v) is 9.32. The molecule has 0 radical (unpaired) electrons. The summed E-state index contributed by atoms with van der Waals surface area (Å²) in [5.41, 5.74) is 0. The topological polar surface area (TPSA) is 37.4 Å². The van der Waals surface area contributed by atoms with E-state index in [1.54, 1.807) is 0 Å². The van der Waals surface area contributed by atoms with Gasteiger partial charge in [-0.25, -0.2) is 0 Å². The molecule has 0 aromatic carbocycles. The van der Waals surface area contributed by atoms with Gasteiger partial charge in [0.15, 0.2) is 0 Å². The van der Waals surface area contributed by atoms with Gasteiger partial charge in [-0.2, -0.15) is 26.3 Å². The van der Waals surface area contributed by atoms with Crippen LogP contribution in [-0.4, -0.2) is 41.0 Å². The first-order valence-corrected chi connectivity index (χ1v) is 4.87. The highest BCUT2D eigenvalue weighted by molar-refractivity contribution is 6.06. The molecule has 9 heteroatoms. The monoisotopic (exact) mass is 277 g/mol. The minimum atomic E-state index is -6.03. The van der Waals surface area contributed by atoms with Crippen LogP contribution >= 0.6 is 0 Å². The molecule has 0 saturated carbocycles. The van der Waals surface area contributed by atoms with Crippen LogP contribution in [0, 0.1) is 5.92 Å². The number of hydrogen-bond acceptors (Lipinski definition) is 2. The van der Waals surface area contributed by atoms with Crippen molar-refractivity contribution in [3.05, 3.63) is 0 Å². The van der Waals surface area contributed by atoms with Crippen molar-refractivity contribution in [3.8, 4) is 0 Å². The fourth-order valence-electron chi connectivity index (χ4n) is 1.43. The quantitative estimate of drug-likeness (QED) is 0.571. The third-order valence-electron chi connectivity index (χ3n) is 2.36. The molecule has 3 nitrogen and oxygen atoms in total. The molecular formula is C9H9F6NO2. The summed E-state index contributed by atoms with van der Waals surface area (Å²) in [5, 5.41) is 0. The maximum Gasteiger partial charge on any atom is 0.393 e. The van der Waals surface area contributed by atoms with Gasteiger partial charge in [0.1, 0.15) is 0 Å². The van der Waals surface area contributed by atoms with Crippen LogP contribution in [0.2, 0.25) is 0 Å². The lowest BCUT2D eigenvalue weighted by molar-refractivity contribution is -0.306. The molecule has 0 N–H and O–H groups in total. The maximum absolute atomic E-state index is 13.0. The molecule has 0 atom stereocenters. The molecule has 0 spiro atoms. The lowest BCUT2D eigenvalue weighted by Crippen LogP contribution is -2.73. The first-order valence-electron chi connectivity index (χ1n) is 4.87. The number of alkyl halides is 6. The van der Waals surface area contributed by atoms with Crippen LogP contribution < -0.4 is 0 Å². The van der Waals surface area contributed by atoms with Crippen LogP contribution in [0.4, 0.5) is 26.3 Å². The first-order chi connectivity index (χ1) is 7.87. The predicted molar refractivity (Wildman–Crippen MR) is 46.4 cm³/mol. The minimum Gasteiger partial charge on any atom is -0.271 e. The fourth-order valence-corrected chi connectivity index (χ4v) is 1.43. The number of hydrogen-bond donors (Lipinski definition) is 0. The number of carbonyl (C=O) groups excluding carboxylic acids is 2. The summed E-state index contributed by atoms with van der Waals surface area (Å²) in [6.07, 6.45) is 0. The summed E-state index contributed by atoms with van der Waals surface area (Å²) < 4.78 is 77.5. The van der Waals surface area contributed by atoms with E-state index in [0.29, 0.717) is 0 Å². The Morgan fingerprint density at radius 2 is 1.28 bits per heavy atom. The summed E-state index contributed by atoms with van der Waals surface area (Å²) in [5.74, 6) is -23.1. The molecule has 1 saturated heterocycles. The van der Waals surface area contributed by atoms with Crippen molar-refractivity contribution in [1.29, 1.82) is 0 Å². The molecule has 1 aliphatic heterocycles. The number of piperidine rings is 1. The van der Waals surface area contributed by atoms with Gasteiger partial charge in [0.2, 0.25) is 0 Å². The molecule has 1 rings (SSSR count). The second kappa shape index (κ2) is 3.86. The zero-order valence-electron chi connectivity index (χ0n) is 9.32. The van der Waals surface area contributed by atoms with E-state index in [-0.39, 0.29) is 0 Å². The van der Waals surface area contributed by atoms with E-state index in [1.165, 1.54) is 13.8 Å². The number of likely N-dealkylation sites (tertiary alicyclic amines) is 1. The van der Waals surface area contributed by atoms with Gasteiger partial charge in [-0.15, -0.1) is 0 Å². The molecule has 2 amide bonds. The molecule has 1 aliphatic rings. The van der Waals surface area contributed by atoms with E-state index < -0.39 is 46.9 Å². The Hall–Kier alpha value is -1.28. The van der Waals surface area contributed by atoms with Crippen molar-refractivity contribution in [2.75, 3.05) is 6.54 Å². The van der Waals surface area contributed by atoms with Crippen LogP contribution in [0.1, 0.15) is 13.8 Å². The number of halogens is 6. The van der Waals surface area contributed by atoms with Crippen molar-refractivity contribution in [1.82, 2.24) is 4.90 Å². The van der Waals surface area contributed by atoms with Crippen molar-refractivity contribution in [2.45, 2.75) is 31.6 Å². The largest absolute Gasteiger partial charge is 0.393 e. The van der Waals surface area contributed by atoms with Crippen LogP contribution in [0.3, 0.4) is 0 Å². The second-order valence-electron chi connectivity index (χ2n) is 4.34. The molecule has 18 heavy (non-hydrogen) atoms. The standard InChI is InChI=1S/C9H9F6NO2/c1-4(2)3-16-5(17)7(10,11)9(14,15)8(12,13)6(16)18/h4H,3H2,1-2H3. The number of rotatable bonds is 2. The summed E-state index contributed by atoms with van der Waals surface area (Å²) in [7, 11) is 0. The highest BCUT2D eigenvalue weighted by Crippen LogP contribution is 2.50. The lowest BCUT2D eigenvalue weighted by Gasteiger charge is -2.40. The molecule has 1 fully saturated rings. The van der Waals surface area contributed by atoms with Gasteiger partial charge in [-0.05, 0) is 5.92 Å². The Balaban J connectivity index is 3.31. The number of imide groups is 1. The third-order valence-corrected chi connectivity index (χ3v) is 2.36. The van der Waals surface area contributed by atoms with Crippen molar-refractivity contribution in [2.24, 2.45) is 5.92 Å². The highest BCUT2D eigenvalue weighted by Gasteiger charge is 2.83. The van der Waals surface area contributed by atoms with E-state index in [1.807, 2.05) is 0 Å². The zero-order chi connectivity index (χ0) is 14.5. The van der Waals surface area contributed by atoms with E-state index in [0.717, 1.165) is 0 Å². The molecule has 0 unspecified atom stereocenters. The minimum absolute atomic E-state index is 0.512. The van der Waals surface area contributed by atoms with Gasteiger partial charge in [0, 0.05) is 6.54 Å². The van der Waals surface area contributed by atoms with Crippen molar-refractivity contribution < 1.29 is 35.9 Å². The third kappa shape index (κ3) is 1.67. The van der Waals surface area contributed by atoms with Crippen LogP contribution in [-0.2, 0) is 9.59 Å². The highest BCUT2D eigenvalue weighted by atomic mass is 19.3. The Morgan fingerprint density at radius 3 is 1.56 bits per heavy atom. The van der Waals surface area contributed by atoms with Gasteiger partial charge in [-0.1, -0.05) is 13.8 Å². The summed E-state index contributed by atoms with van der Waals surface area (Å²) in [6.45, 7) is 1.92. The average Bonchev–Trinajstić information content (AvgIpc) is 2.21. The van der Waals surface area contributed by atoms with Crippen LogP contribution in [0.25, 0.3) is 0 Å². The average molecular weight is 277 g/mol. The fraction of sp³-hybridized carbons (Fsp3) is 0.778. The Labute approximate surface area is 97.7 Å². The van der Waals surface area contributed by atoms with Gasteiger partial charge in [0.25, 0.3) is 0 Å². The smallest absolute Gasteiger partial charge is 0.271 e. The van der Waals surface area contributed by atoms with Gasteiger partial charge in [-0.3, -0.25) is 14.5 Å². The SMILES string of the molecule is CC(C)CN1C(=O)C(F)(F)C(F)(F)C(F)(F)C1=O. The maximum atomic E-state index is 13.0. The molecule has 0 bridgehead atoms. The summed E-state index contributed by atoms with van der Waals surface area (Å²) in [4.78, 5) is 21.6. The molecule has 0 aromatic rings. The van der Waals surface area contributed by atoms with E-state index in [4.69, 9.17) is 0 Å². The summed E-state index contributed by atoms with van der Waals surface area (Å²) >= 11 is 0. The lowest BCUT2D eigenvalue weighted by atomic mass is 9.96. The molecule has 104 valence electrons. The van der Waals surface area contributed by atoms with E-state index >= 15 is 0 Å². The van der Waals surface area contributed by atoms with Crippen LogP contribution in [0.5, 0.6) is 0 Å².